The summed E-state index contributed by atoms with van der Waals surface area (Å²) in [7, 11) is 0. The summed E-state index contributed by atoms with van der Waals surface area (Å²) in [4.78, 5) is 32.9. The molecule has 0 unspecified atom stereocenters. The quantitative estimate of drug-likeness (QED) is 0.587. The maximum Gasteiger partial charge on any atom is 0.340 e. The van der Waals surface area contributed by atoms with Gasteiger partial charge in [-0.3, -0.25) is 4.79 Å². The van der Waals surface area contributed by atoms with Crippen LogP contribution in [0, 0.1) is 0 Å². The molecule has 0 radical (unpaired) electrons. The monoisotopic (exact) mass is 390 g/mol. The highest BCUT2D eigenvalue weighted by Crippen LogP contribution is 2.20. The first-order valence-corrected chi connectivity index (χ1v) is 9.36. The molecule has 0 aliphatic rings. The molecular weight excluding hydrogens is 368 g/mol. The van der Waals surface area contributed by atoms with Gasteiger partial charge in [0.05, 0.1) is 23.4 Å². The summed E-state index contributed by atoms with van der Waals surface area (Å²) < 4.78 is 5.06. The molecular formula is C22H22N4O3. The summed E-state index contributed by atoms with van der Waals surface area (Å²) in [6, 6.07) is 14.6. The zero-order chi connectivity index (χ0) is 20.6. The number of rotatable bonds is 7. The van der Waals surface area contributed by atoms with E-state index in [0.717, 1.165) is 17.7 Å². The first kappa shape index (κ1) is 20.0. The van der Waals surface area contributed by atoms with Crippen LogP contribution in [0.15, 0.2) is 60.9 Å². The maximum atomic E-state index is 12.5. The van der Waals surface area contributed by atoms with Crippen molar-refractivity contribution < 1.29 is 14.3 Å². The Morgan fingerprint density at radius 3 is 2.28 bits per heavy atom. The molecule has 3 aromatic rings. The smallest absolute Gasteiger partial charge is 0.340 e. The van der Waals surface area contributed by atoms with E-state index in [9.17, 15) is 9.59 Å². The van der Waals surface area contributed by atoms with Gasteiger partial charge in [0, 0.05) is 18.1 Å². The Kier molecular flexibility index (Phi) is 6.52. The lowest BCUT2D eigenvalue weighted by molar-refractivity contribution is 0.0527. The molecule has 148 valence electrons. The van der Waals surface area contributed by atoms with Crippen LogP contribution in [-0.2, 0) is 11.2 Å². The fraction of sp³-hybridized carbons (Fsp3) is 0.182. The van der Waals surface area contributed by atoms with Gasteiger partial charge in [-0.15, -0.1) is 0 Å². The van der Waals surface area contributed by atoms with Crippen LogP contribution in [0.25, 0.3) is 0 Å². The number of nitrogens with zero attached hydrogens (tertiary/aromatic N) is 2. The fourth-order valence-corrected chi connectivity index (χ4v) is 2.75. The van der Waals surface area contributed by atoms with Crippen molar-refractivity contribution in [2.75, 3.05) is 17.2 Å². The summed E-state index contributed by atoms with van der Waals surface area (Å²) in [6.07, 6.45) is 3.69. The Labute approximate surface area is 169 Å². The number of aryl methyl sites for hydroxylation is 1. The van der Waals surface area contributed by atoms with Crippen LogP contribution in [0.5, 0.6) is 0 Å². The molecule has 0 saturated carbocycles. The van der Waals surface area contributed by atoms with Crippen LogP contribution in [0.2, 0.25) is 0 Å². The van der Waals surface area contributed by atoms with Crippen molar-refractivity contribution in [3.63, 3.8) is 0 Å². The van der Waals surface area contributed by atoms with Gasteiger partial charge in [0.25, 0.3) is 5.91 Å². The molecule has 1 amide bonds. The van der Waals surface area contributed by atoms with Gasteiger partial charge >= 0.3 is 5.97 Å². The highest BCUT2D eigenvalue weighted by atomic mass is 16.5. The summed E-state index contributed by atoms with van der Waals surface area (Å²) in [5, 5.41) is 5.88. The summed E-state index contributed by atoms with van der Waals surface area (Å²) in [5.41, 5.74) is 3.07. The molecule has 3 rings (SSSR count). The van der Waals surface area contributed by atoms with Crippen LogP contribution < -0.4 is 10.6 Å². The third-order valence-corrected chi connectivity index (χ3v) is 4.23. The molecule has 0 atom stereocenters. The summed E-state index contributed by atoms with van der Waals surface area (Å²) in [6.45, 7) is 4.07. The minimum Gasteiger partial charge on any atom is -0.462 e. The van der Waals surface area contributed by atoms with Gasteiger partial charge < -0.3 is 15.4 Å². The van der Waals surface area contributed by atoms with E-state index in [0.29, 0.717) is 16.8 Å². The number of hydrogen-bond donors (Lipinski definition) is 2. The lowest BCUT2D eigenvalue weighted by atomic mass is 10.1. The van der Waals surface area contributed by atoms with Gasteiger partial charge in [-0.25, -0.2) is 14.8 Å². The lowest BCUT2D eigenvalue weighted by Crippen LogP contribution is -2.14. The number of aromatic nitrogens is 2. The molecule has 0 aliphatic heterocycles. The zero-order valence-corrected chi connectivity index (χ0v) is 16.3. The predicted octanol–water partition coefficient (Wildman–Crippen LogP) is 4.21. The van der Waals surface area contributed by atoms with Crippen molar-refractivity contribution in [1.29, 1.82) is 0 Å². The van der Waals surface area contributed by atoms with Crippen molar-refractivity contribution in [1.82, 2.24) is 9.97 Å². The second-order valence-electron chi connectivity index (χ2n) is 6.15. The largest absolute Gasteiger partial charge is 0.462 e. The molecule has 0 spiro atoms. The summed E-state index contributed by atoms with van der Waals surface area (Å²) in [5.74, 6) is -0.446. The number of hydrogen-bond acceptors (Lipinski definition) is 6. The van der Waals surface area contributed by atoms with Crippen molar-refractivity contribution in [2.45, 2.75) is 20.3 Å². The maximum absolute atomic E-state index is 12.5. The normalized spacial score (nSPS) is 10.3. The van der Waals surface area contributed by atoms with Crippen molar-refractivity contribution in [2.24, 2.45) is 0 Å². The fourth-order valence-electron chi connectivity index (χ4n) is 2.75. The van der Waals surface area contributed by atoms with E-state index >= 15 is 0 Å². The molecule has 0 fully saturated rings. The molecule has 7 nitrogen and oxygen atoms in total. The lowest BCUT2D eigenvalue weighted by Gasteiger charge is -2.11. The van der Waals surface area contributed by atoms with E-state index in [-0.39, 0.29) is 18.5 Å². The predicted molar refractivity (Wildman–Crippen MR) is 111 cm³/mol. The summed E-state index contributed by atoms with van der Waals surface area (Å²) >= 11 is 0. The van der Waals surface area contributed by atoms with Gasteiger partial charge in [0.15, 0.2) is 0 Å². The number of nitrogens with one attached hydrogen (secondary N) is 2. The van der Waals surface area contributed by atoms with Gasteiger partial charge in [-0.2, -0.15) is 0 Å². The number of ether oxygens (including phenoxy) is 1. The molecule has 2 aromatic carbocycles. The minimum atomic E-state index is -0.429. The van der Waals surface area contributed by atoms with E-state index in [1.165, 1.54) is 12.4 Å². The molecule has 1 heterocycles. The number of amides is 1. The average Bonchev–Trinajstić information content (AvgIpc) is 2.75. The van der Waals surface area contributed by atoms with Gasteiger partial charge in [0.1, 0.15) is 0 Å². The third kappa shape index (κ3) is 4.95. The molecule has 7 heteroatoms. The SMILES string of the molecule is CCOC(=O)c1ccccc1Nc1ncc(C(=O)Nc2ccccc2CC)cn1. The van der Waals surface area contributed by atoms with E-state index in [1.807, 2.05) is 31.2 Å². The van der Waals surface area contributed by atoms with E-state index in [1.54, 1.807) is 31.2 Å². The van der Waals surface area contributed by atoms with E-state index in [4.69, 9.17) is 4.74 Å². The Balaban J connectivity index is 1.73. The number of esters is 1. The number of benzene rings is 2. The van der Waals surface area contributed by atoms with Crippen molar-refractivity contribution in [3.8, 4) is 0 Å². The number of para-hydroxylation sites is 2. The number of carbonyl (C=O) groups is 2. The van der Waals surface area contributed by atoms with Crippen LogP contribution in [0.1, 0.15) is 40.1 Å². The topological polar surface area (TPSA) is 93.2 Å². The Hall–Kier alpha value is -3.74. The van der Waals surface area contributed by atoms with Crippen molar-refractivity contribution >= 4 is 29.2 Å². The minimum absolute atomic E-state index is 0.271. The van der Waals surface area contributed by atoms with Gasteiger partial charge in [-0.1, -0.05) is 37.3 Å². The van der Waals surface area contributed by atoms with Crippen LogP contribution in [0.3, 0.4) is 0 Å². The molecule has 0 saturated heterocycles. The zero-order valence-electron chi connectivity index (χ0n) is 16.3. The first-order chi connectivity index (χ1) is 14.1. The van der Waals surface area contributed by atoms with Gasteiger partial charge in [-0.05, 0) is 37.1 Å². The van der Waals surface area contributed by atoms with Crippen molar-refractivity contribution in [3.05, 3.63) is 77.6 Å². The second kappa shape index (κ2) is 9.45. The molecule has 2 N–H and O–H groups in total. The van der Waals surface area contributed by atoms with Crippen LogP contribution in [0.4, 0.5) is 17.3 Å². The Morgan fingerprint density at radius 1 is 0.931 bits per heavy atom. The Morgan fingerprint density at radius 2 is 1.59 bits per heavy atom. The third-order valence-electron chi connectivity index (χ3n) is 4.23. The number of anilines is 3. The Bertz CT molecular complexity index is 1000. The molecule has 0 aliphatic carbocycles. The highest BCUT2D eigenvalue weighted by molar-refractivity contribution is 6.04. The average molecular weight is 390 g/mol. The van der Waals surface area contributed by atoms with Crippen LogP contribution >= 0.6 is 0 Å². The molecule has 0 bridgehead atoms. The second-order valence-corrected chi connectivity index (χ2v) is 6.15. The van der Waals surface area contributed by atoms with E-state index < -0.39 is 5.97 Å². The molecule has 1 aromatic heterocycles. The molecule has 29 heavy (non-hydrogen) atoms. The van der Waals surface area contributed by atoms with Crippen LogP contribution in [-0.4, -0.2) is 28.5 Å². The van der Waals surface area contributed by atoms with E-state index in [2.05, 4.69) is 20.6 Å². The van der Waals surface area contributed by atoms with Gasteiger partial charge in [0.2, 0.25) is 5.95 Å². The standard InChI is InChI=1S/C22H22N4O3/c1-3-15-9-5-7-11-18(15)25-20(27)16-13-23-22(24-14-16)26-19-12-8-6-10-17(19)21(28)29-4-2/h5-14H,3-4H2,1-2H3,(H,25,27)(H,23,24,26). The number of carbonyl (C=O) groups excluding carboxylic acids is 2. The first-order valence-electron chi connectivity index (χ1n) is 9.36. The highest BCUT2D eigenvalue weighted by Gasteiger charge is 2.14.